The summed E-state index contributed by atoms with van der Waals surface area (Å²) < 4.78 is 0. The molecule has 1 amide bonds. The first-order valence-corrected chi connectivity index (χ1v) is 6.63. The van der Waals surface area contributed by atoms with Crippen molar-refractivity contribution in [2.45, 2.75) is 6.54 Å². The fourth-order valence-electron chi connectivity index (χ4n) is 1.52. The summed E-state index contributed by atoms with van der Waals surface area (Å²) in [6.07, 6.45) is 0. The Morgan fingerprint density at radius 1 is 1.21 bits per heavy atom. The Bertz CT molecular complexity index is 608. The van der Waals surface area contributed by atoms with Gasteiger partial charge in [0.05, 0.1) is 9.75 Å². The maximum absolute atomic E-state index is 11.9. The molecule has 1 aromatic heterocycles. The minimum atomic E-state index is -0.173. The lowest BCUT2D eigenvalue weighted by Crippen LogP contribution is -2.21. The van der Waals surface area contributed by atoms with E-state index in [2.05, 4.69) is 17.2 Å². The van der Waals surface area contributed by atoms with Crippen molar-refractivity contribution >= 4 is 17.2 Å². The Kier molecular flexibility index (Phi) is 4.73. The Morgan fingerprint density at radius 2 is 2.00 bits per heavy atom. The monoisotopic (exact) mass is 271 g/mol. The van der Waals surface area contributed by atoms with E-state index in [0.717, 1.165) is 10.4 Å². The van der Waals surface area contributed by atoms with Gasteiger partial charge in [0.2, 0.25) is 0 Å². The summed E-state index contributed by atoms with van der Waals surface area (Å²) >= 11 is 1.32. The molecule has 96 valence electrons. The second-order valence-corrected chi connectivity index (χ2v) is 4.88. The van der Waals surface area contributed by atoms with Crippen molar-refractivity contribution in [2.24, 2.45) is 0 Å². The second kappa shape index (κ2) is 6.74. The molecule has 0 aliphatic heterocycles. The third-order valence-corrected chi connectivity index (χ3v) is 3.42. The summed E-state index contributed by atoms with van der Waals surface area (Å²) in [5.74, 6) is 5.24. The predicted molar refractivity (Wildman–Crippen MR) is 75.9 cm³/mol. The van der Waals surface area contributed by atoms with Crippen molar-refractivity contribution < 1.29 is 9.90 Å². The van der Waals surface area contributed by atoms with Gasteiger partial charge in [0.15, 0.2) is 0 Å². The van der Waals surface area contributed by atoms with Crippen molar-refractivity contribution in [2.75, 3.05) is 6.61 Å². The molecule has 0 saturated heterocycles. The summed E-state index contributed by atoms with van der Waals surface area (Å²) in [4.78, 5) is 13.3. The minimum Gasteiger partial charge on any atom is -0.384 e. The number of thiophene rings is 1. The van der Waals surface area contributed by atoms with Crippen LogP contribution in [0.4, 0.5) is 0 Å². The quantitative estimate of drug-likeness (QED) is 0.839. The van der Waals surface area contributed by atoms with E-state index in [1.807, 2.05) is 30.3 Å². The molecular weight excluding hydrogens is 258 g/mol. The van der Waals surface area contributed by atoms with E-state index in [9.17, 15) is 4.79 Å². The van der Waals surface area contributed by atoms with E-state index >= 15 is 0 Å². The highest BCUT2D eigenvalue weighted by atomic mass is 32.1. The van der Waals surface area contributed by atoms with Crippen LogP contribution in [0.3, 0.4) is 0 Å². The number of carbonyl (C=O) groups excluding carboxylic acids is 1. The Balaban J connectivity index is 1.95. The van der Waals surface area contributed by atoms with Gasteiger partial charge in [-0.3, -0.25) is 4.79 Å². The molecule has 4 heteroatoms. The third-order valence-electron chi connectivity index (χ3n) is 2.42. The van der Waals surface area contributed by atoms with E-state index in [4.69, 9.17) is 5.11 Å². The number of aliphatic hydroxyl groups excluding tert-OH is 1. The largest absolute Gasteiger partial charge is 0.384 e. The zero-order chi connectivity index (χ0) is 13.5. The molecule has 0 aliphatic rings. The van der Waals surface area contributed by atoms with Crippen LogP contribution in [0, 0.1) is 11.8 Å². The first-order valence-electron chi connectivity index (χ1n) is 5.81. The number of hydrogen-bond acceptors (Lipinski definition) is 3. The van der Waals surface area contributed by atoms with Gasteiger partial charge >= 0.3 is 0 Å². The summed E-state index contributed by atoms with van der Waals surface area (Å²) in [5, 5.41) is 11.5. The van der Waals surface area contributed by atoms with Gasteiger partial charge in [-0.1, -0.05) is 42.2 Å². The van der Waals surface area contributed by atoms with E-state index in [1.165, 1.54) is 11.3 Å². The van der Waals surface area contributed by atoms with Gasteiger partial charge in [0, 0.05) is 6.54 Å². The van der Waals surface area contributed by atoms with Gasteiger partial charge in [-0.15, -0.1) is 11.3 Å². The van der Waals surface area contributed by atoms with E-state index < -0.39 is 0 Å². The molecule has 19 heavy (non-hydrogen) atoms. The molecule has 1 heterocycles. The van der Waals surface area contributed by atoms with Gasteiger partial charge < -0.3 is 10.4 Å². The Morgan fingerprint density at radius 3 is 2.74 bits per heavy atom. The van der Waals surface area contributed by atoms with Crippen LogP contribution in [0.1, 0.15) is 20.1 Å². The van der Waals surface area contributed by atoms with Crippen LogP contribution in [0.2, 0.25) is 0 Å². The lowest BCUT2D eigenvalue weighted by atomic mass is 10.2. The highest BCUT2D eigenvalue weighted by Crippen LogP contribution is 2.15. The maximum atomic E-state index is 11.9. The molecule has 2 rings (SSSR count). The molecule has 3 nitrogen and oxygen atoms in total. The standard InChI is InChI=1S/C15H13NO2S/c17-10-4-7-13-8-9-14(19-13)15(18)16-11-12-5-2-1-3-6-12/h1-3,5-6,8-9,17H,10-11H2,(H,16,18). The average molecular weight is 271 g/mol. The maximum Gasteiger partial charge on any atom is 0.261 e. The van der Waals surface area contributed by atoms with Crippen LogP contribution < -0.4 is 5.32 Å². The smallest absolute Gasteiger partial charge is 0.261 e. The van der Waals surface area contributed by atoms with E-state index in [-0.39, 0.29) is 12.5 Å². The first kappa shape index (κ1) is 13.3. The van der Waals surface area contributed by atoms with Crippen LogP contribution in [0.5, 0.6) is 0 Å². The Labute approximate surface area is 115 Å². The number of nitrogens with one attached hydrogen (secondary N) is 1. The van der Waals surface area contributed by atoms with Crippen LogP contribution in [0.15, 0.2) is 42.5 Å². The number of amides is 1. The highest BCUT2D eigenvalue weighted by molar-refractivity contribution is 7.14. The van der Waals surface area contributed by atoms with Crippen molar-refractivity contribution in [3.05, 3.63) is 57.8 Å². The van der Waals surface area contributed by atoms with Gasteiger partial charge in [-0.05, 0) is 17.7 Å². The summed E-state index contributed by atoms with van der Waals surface area (Å²) in [5.41, 5.74) is 1.06. The highest BCUT2D eigenvalue weighted by Gasteiger charge is 2.07. The van der Waals surface area contributed by atoms with Crippen molar-refractivity contribution in [1.82, 2.24) is 5.32 Å². The molecule has 1 aromatic carbocycles. The molecular formula is C15H13NO2S. The van der Waals surface area contributed by atoms with E-state index in [1.54, 1.807) is 12.1 Å². The van der Waals surface area contributed by atoms with Crippen LogP contribution in [0.25, 0.3) is 0 Å². The average Bonchev–Trinajstić information content (AvgIpc) is 2.92. The van der Waals surface area contributed by atoms with Gasteiger partial charge in [-0.2, -0.15) is 0 Å². The molecule has 2 aromatic rings. The number of aliphatic hydroxyl groups is 1. The zero-order valence-corrected chi connectivity index (χ0v) is 11.0. The number of rotatable bonds is 3. The molecule has 0 fully saturated rings. The topological polar surface area (TPSA) is 49.3 Å². The summed E-state index contributed by atoms with van der Waals surface area (Å²) in [6.45, 7) is 0.336. The fraction of sp³-hybridized carbons (Fsp3) is 0.133. The first-order chi connectivity index (χ1) is 9.29. The molecule has 0 radical (unpaired) electrons. The molecule has 0 saturated carbocycles. The molecule has 0 aliphatic carbocycles. The van der Waals surface area contributed by atoms with Crippen LogP contribution in [-0.4, -0.2) is 17.6 Å². The molecule has 0 spiro atoms. The molecule has 0 atom stereocenters. The predicted octanol–water partition coefficient (Wildman–Crippen LogP) is 2.02. The fourth-order valence-corrected chi connectivity index (χ4v) is 2.32. The lowest BCUT2D eigenvalue weighted by molar-refractivity contribution is 0.0955. The van der Waals surface area contributed by atoms with Gasteiger partial charge in [0.25, 0.3) is 5.91 Å². The Hall–Kier alpha value is -2.09. The molecule has 2 N–H and O–H groups in total. The number of carbonyl (C=O) groups is 1. The van der Waals surface area contributed by atoms with Crippen molar-refractivity contribution in [3.63, 3.8) is 0 Å². The molecule has 0 unspecified atom stereocenters. The zero-order valence-electron chi connectivity index (χ0n) is 10.2. The summed E-state index contributed by atoms with van der Waals surface area (Å²) in [7, 11) is 0. The van der Waals surface area contributed by atoms with Crippen molar-refractivity contribution in [1.29, 1.82) is 0 Å². The van der Waals surface area contributed by atoms with Crippen LogP contribution in [-0.2, 0) is 6.54 Å². The number of benzene rings is 1. The molecule has 0 bridgehead atoms. The van der Waals surface area contributed by atoms with Crippen LogP contribution >= 0.6 is 11.3 Å². The van der Waals surface area contributed by atoms with Gasteiger partial charge in [-0.25, -0.2) is 0 Å². The summed E-state index contributed by atoms with van der Waals surface area (Å²) in [6, 6.07) is 13.3. The van der Waals surface area contributed by atoms with Crippen molar-refractivity contribution in [3.8, 4) is 11.8 Å². The number of hydrogen-bond donors (Lipinski definition) is 2. The second-order valence-electron chi connectivity index (χ2n) is 3.79. The third kappa shape index (κ3) is 3.95. The normalized spacial score (nSPS) is 9.53. The van der Waals surface area contributed by atoms with Gasteiger partial charge in [0.1, 0.15) is 6.61 Å². The SMILES string of the molecule is O=C(NCc1ccccc1)c1ccc(C#CCO)s1. The van der Waals surface area contributed by atoms with E-state index in [0.29, 0.717) is 11.4 Å². The minimum absolute atomic E-state index is 0.106. The lowest BCUT2D eigenvalue weighted by Gasteiger charge is -2.02.